The molecule has 0 aliphatic carbocycles. The quantitative estimate of drug-likeness (QED) is 0.0339. The van der Waals surface area contributed by atoms with Crippen LogP contribution in [-0.2, 0) is 28.6 Å². The summed E-state index contributed by atoms with van der Waals surface area (Å²) in [6.45, 7) is 5.68. The lowest BCUT2D eigenvalue weighted by Gasteiger charge is -2.21. The lowest BCUT2D eigenvalue weighted by molar-refractivity contribution is -0.177. The van der Waals surface area contributed by atoms with Crippen LogP contribution in [0.25, 0.3) is 0 Å². The zero-order valence-corrected chi connectivity index (χ0v) is 31.1. The fourth-order valence-corrected chi connectivity index (χ4v) is 5.67. The minimum atomic E-state index is -1.35. The van der Waals surface area contributed by atoms with Gasteiger partial charge in [-0.05, 0) is 19.3 Å². The molecule has 3 N–H and O–H groups in total. The van der Waals surface area contributed by atoms with Gasteiger partial charge in [-0.1, -0.05) is 175 Å². The van der Waals surface area contributed by atoms with Crippen LogP contribution in [0.1, 0.15) is 194 Å². The summed E-state index contributed by atoms with van der Waals surface area (Å²) in [5.74, 6) is -2.55. The Balaban J connectivity index is 4.74. The van der Waals surface area contributed by atoms with Crippen molar-refractivity contribution in [3.8, 4) is 0 Å². The molecule has 0 saturated carbocycles. The molecule has 0 radical (unpaired) electrons. The van der Waals surface area contributed by atoms with Crippen molar-refractivity contribution in [2.24, 2.45) is 0 Å². The van der Waals surface area contributed by atoms with Gasteiger partial charge in [0.2, 0.25) is 0 Å². The van der Waals surface area contributed by atoms with Crippen LogP contribution in [0.15, 0.2) is 0 Å². The number of ether oxygens (including phenoxy) is 3. The molecule has 0 amide bonds. The van der Waals surface area contributed by atoms with E-state index >= 15 is 0 Å². The molecule has 0 aromatic heterocycles. The minimum Gasteiger partial charge on any atom is -0.460 e. The Morgan fingerprint density at radius 1 is 0.396 bits per heavy atom. The van der Waals surface area contributed by atoms with Crippen LogP contribution in [0.5, 0.6) is 0 Å². The molecule has 0 fully saturated rings. The van der Waals surface area contributed by atoms with E-state index < -0.39 is 55.5 Å². The van der Waals surface area contributed by atoms with Gasteiger partial charge in [0, 0.05) is 0 Å². The second-order valence-electron chi connectivity index (χ2n) is 13.7. The summed E-state index contributed by atoms with van der Waals surface area (Å²) >= 11 is 0. The highest BCUT2D eigenvalue weighted by molar-refractivity contribution is 5.76. The molecule has 9 heteroatoms. The van der Waals surface area contributed by atoms with Crippen LogP contribution in [0.3, 0.4) is 0 Å². The number of aliphatic hydroxyl groups excluding tert-OH is 3. The summed E-state index contributed by atoms with van der Waals surface area (Å²) in [5.41, 5.74) is 0. The fraction of sp³-hybridized carbons (Fsp3) is 0.923. The summed E-state index contributed by atoms with van der Waals surface area (Å²) in [5, 5.41) is 31.0. The van der Waals surface area contributed by atoms with Gasteiger partial charge in [0.25, 0.3) is 0 Å². The number of carbonyl (C=O) groups excluding carboxylic acids is 3. The molecule has 3 unspecified atom stereocenters. The largest absolute Gasteiger partial charge is 0.460 e. The molecule has 0 aliphatic rings. The molecule has 0 aromatic carbocycles. The first-order valence-electron chi connectivity index (χ1n) is 19.8. The van der Waals surface area contributed by atoms with E-state index in [2.05, 4.69) is 20.8 Å². The second-order valence-corrected chi connectivity index (χ2v) is 13.7. The van der Waals surface area contributed by atoms with Gasteiger partial charge in [0.05, 0.1) is 0 Å². The molecule has 0 heterocycles. The van der Waals surface area contributed by atoms with E-state index in [0.717, 1.165) is 57.8 Å². The van der Waals surface area contributed by atoms with Crippen molar-refractivity contribution >= 4 is 17.9 Å². The summed E-state index contributed by atoms with van der Waals surface area (Å²) in [6.07, 6.45) is 21.7. The number of unbranched alkanes of at least 4 members (excludes halogenated alkanes) is 21. The molecule has 0 rings (SSSR count). The SMILES string of the molecule is CCCCCCCCCCC(O)C(=O)OCC(COC(=O)C(O)CCCCCCCCCC)OC(=O)C(O)CCCCCCCCCC. The lowest BCUT2D eigenvalue weighted by atomic mass is 10.1. The predicted molar refractivity (Wildman–Crippen MR) is 191 cm³/mol. The van der Waals surface area contributed by atoms with E-state index in [1.807, 2.05) is 0 Å². The van der Waals surface area contributed by atoms with Crippen molar-refractivity contribution in [1.82, 2.24) is 0 Å². The van der Waals surface area contributed by atoms with E-state index in [1.165, 1.54) is 77.0 Å². The molecule has 0 aromatic rings. The van der Waals surface area contributed by atoms with Crippen LogP contribution in [0, 0.1) is 0 Å². The van der Waals surface area contributed by atoms with E-state index in [1.54, 1.807) is 0 Å². The third kappa shape index (κ3) is 28.2. The standard InChI is InChI=1S/C39H74O9/c1-4-7-10-13-16-19-22-25-28-34(40)37(43)46-31-33(48-39(45)36(42)30-27-24-21-18-15-12-9-6-3)32-47-38(44)35(41)29-26-23-20-17-14-11-8-5-2/h33-36,40-42H,4-32H2,1-3H3. The normalized spacial score (nSPS) is 13.9. The molecule has 0 bridgehead atoms. The molecular formula is C39H74O9. The van der Waals surface area contributed by atoms with Gasteiger partial charge in [-0.25, -0.2) is 14.4 Å². The zero-order valence-electron chi connectivity index (χ0n) is 31.1. The highest BCUT2D eigenvalue weighted by atomic mass is 16.6. The zero-order chi connectivity index (χ0) is 35.7. The van der Waals surface area contributed by atoms with Crippen molar-refractivity contribution in [3.05, 3.63) is 0 Å². The average molecular weight is 687 g/mol. The van der Waals surface area contributed by atoms with Gasteiger partial charge < -0.3 is 29.5 Å². The van der Waals surface area contributed by atoms with Crippen molar-refractivity contribution in [2.45, 2.75) is 219 Å². The Kier molecular flexibility index (Phi) is 32.6. The van der Waals surface area contributed by atoms with Crippen molar-refractivity contribution in [1.29, 1.82) is 0 Å². The summed E-state index contributed by atoms with van der Waals surface area (Å²) < 4.78 is 15.9. The number of aliphatic hydroxyl groups is 3. The maximum Gasteiger partial charge on any atom is 0.335 e. The molecular weight excluding hydrogens is 612 g/mol. The van der Waals surface area contributed by atoms with Gasteiger partial charge >= 0.3 is 17.9 Å². The third-order valence-electron chi connectivity index (χ3n) is 8.92. The number of esters is 3. The molecule has 0 aliphatic heterocycles. The molecule has 284 valence electrons. The number of carbonyl (C=O) groups is 3. The first-order valence-corrected chi connectivity index (χ1v) is 19.8. The molecule has 9 nitrogen and oxygen atoms in total. The Morgan fingerprint density at radius 2 is 0.646 bits per heavy atom. The van der Waals surface area contributed by atoms with E-state index in [4.69, 9.17) is 14.2 Å². The predicted octanol–water partition coefficient (Wildman–Crippen LogP) is 8.66. The number of hydrogen-bond acceptors (Lipinski definition) is 9. The maximum absolute atomic E-state index is 12.7. The topological polar surface area (TPSA) is 140 Å². The monoisotopic (exact) mass is 687 g/mol. The molecule has 0 spiro atoms. The van der Waals surface area contributed by atoms with Gasteiger partial charge in [0.1, 0.15) is 13.2 Å². The first kappa shape index (κ1) is 46.3. The Hall–Kier alpha value is -1.71. The summed E-state index contributed by atoms with van der Waals surface area (Å²) in [6, 6.07) is 0. The minimum absolute atomic E-state index is 0.245. The second kappa shape index (κ2) is 33.8. The Bertz CT molecular complexity index is 718. The van der Waals surface area contributed by atoms with Crippen LogP contribution in [-0.4, -0.2) is 70.9 Å². The number of hydrogen-bond donors (Lipinski definition) is 3. The van der Waals surface area contributed by atoms with Crippen LogP contribution < -0.4 is 0 Å². The third-order valence-corrected chi connectivity index (χ3v) is 8.92. The van der Waals surface area contributed by atoms with E-state index in [-0.39, 0.29) is 19.3 Å². The van der Waals surface area contributed by atoms with Crippen LogP contribution >= 0.6 is 0 Å². The molecule has 0 saturated heterocycles. The Morgan fingerprint density at radius 3 is 0.938 bits per heavy atom. The maximum atomic E-state index is 12.7. The molecule has 3 atom stereocenters. The van der Waals surface area contributed by atoms with Crippen LogP contribution in [0.2, 0.25) is 0 Å². The Labute approximate surface area is 293 Å². The first-order chi connectivity index (χ1) is 23.3. The highest BCUT2D eigenvalue weighted by Crippen LogP contribution is 2.15. The average Bonchev–Trinajstić information content (AvgIpc) is 3.08. The smallest absolute Gasteiger partial charge is 0.335 e. The lowest BCUT2D eigenvalue weighted by Crippen LogP contribution is -2.37. The highest BCUT2D eigenvalue weighted by Gasteiger charge is 2.26. The fourth-order valence-electron chi connectivity index (χ4n) is 5.67. The van der Waals surface area contributed by atoms with Crippen LogP contribution in [0.4, 0.5) is 0 Å². The van der Waals surface area contributed by atoms with Crippen molar-refractivity contribution in [2.75, 3.05) is 13.2 Å². The van der Waals surface area contributed by atoms with Crippen molar-refractivity contribution < 1.29 is 43.9 Å². The van der Waals surface area contributed by atoms with E-state index in [9.17, 15) is 29.7 Å². The van der Waals surface area contributed by atoms with E-state index in [0.29, 0.717) is 19.3 Å². The van der Waals surface area contributed by atoms with Gasteiger partial charge in [-0.15, -0.1) is 0 Å². The van der Waals surface area contributed by atoms with Gasteiger partial charge in [0.15, 0.2) is 24.4 Å². The molecule has 48 heavy (non-hydrogen) atoms. The van der Waals surface area contributed by atoms with Gasteiger partial charge in [-0.3, -0.25) is 0 Å². The van der Waals surface area contributed by atoms with Gasteiger partial charge in [-0.2, -0.15) is 0 Å². The van der Waals surface area contributed by atoms with Crippen molar-refractivity contribution in [3.63, 3.8) is 0 Å². The number of rotatable bonds is 35. The summed E-state index contributed by atoms with van der Waals surface area (Å²) in [7, 11) is 0. The summed E-state index contributed by atoms with van der Waals surface area (Å²) in [4.78, 5) is 37.6.